The molecule has 0 saturated carbocycles. The summed E-state index contributed by atoms with van der Waals surface area (Å²) in [4.78, 5) is 34.6. The summed E-state index contributed by atoms with van der Waals surface area (Å²) in [7, 11) is 0. The van der Waals surface area contributed by atoms with Gasteiger partial charge in [-0.3, -0.25) is 19.5 Å². The molecule has 0 aromatic carbocycles. The predicted octanol–water partition coefficient (Wildman–Crippen LogP) is 2.67. The summed E-state index contributed by atoms with van der Waals surface area (Å²) >= 11 is 1.65. The number of carbonyl (C=O) groups is 2. The first kappa shape index (κ1) is 19.1. The lowest BCUT2D eigenvalue weighted by molar-refractivity contribution is -0.123. The van der Waals surface area contributed by atoms with E-state index in [9.17, 15) is 9.59 Å². The normalized spacial score (nSPS) is 21.2. The summed E-state index contributed by atoms with van der Waals surface area (Å²) in [6.07, 6.45) is 3.65. The number of aryl methyl sites for hydroxylation is 1. The molecule has 4 heterocycles. The third kappa shape index (κ3) is 3.69. The molecule has 2 saturated heterocycles. The number of nitrogens with two attached hydrogens (primary N) is 1. The third-order valence-corrected chi connectivity index (χ3v) is 6.83. The van der Waals surface area contributed by atoms with Gasteiger partial charge in [-0.1, -0.05) is 6.07 Å². The van der Waals surface area contributed by atoms with E-state index in [1.807, 2.05) is 41.5 Å². The standard InChI is InChI=1S/C21H26N4O2S/c1-14-16(6-7-17(23-14)19-5-3-13-28-19)21(27)24-11-8-15(9-12-24)25-10-2-4-18(25)20(22)26/h3,5-7,13,15,18H,2,4,8-12H2,1H3,(H2,22,26). The van der Waals surface area contributed by atoms with Crippen molar-refractivity contribution in [1.82, 2.24) is 14.8 Å². The molecule has 1 atom stereocenters. The Morgan fingerprint density at radius 2 is 1.93 bits per heavy atom. The lowest BCUT2D eigenvalue weighted by atomic mass is 10.0. The number of amides is 2. The van der Waals surface area contributed by atoms with Gasteiger partial charge in [-0.2, -0.15) is 0 Å². The van der Waals surface area contributed by atoms with Crippen LogP contribution in [0.1, 0.15) is 41.7 Å². The lowest BCUT2D eigenvalue weighted by Crippen LogP contribution is -2.51. The fraction of sp³-hybridized carbons (Fsp3) is 0.476. The number of hydrogen-bond acceptors (Lipinski definition) is 5. The van der Waals surface area contributed by atoms with Crippen LogP contribution in [0.4, 0.5) is 0 Å². The molecule has 7 heteroatoms. The maximum absolute atomic E-state index is 13.0. The predicted molar refractivity (Wildman–Crippen MR) is 110 cm³/mol. The van der Waals surface area contributed by atoms with Crippen LogP contribution in [0.2, 0.25) is 0 Å². The average molecular weight is 399 g/mol. The van der Waals surface area contributed by atoms with E-state index >= 15 is 0 Å². The monoisotopic (exact) mass is 398 g/mol. The number of hydrogen-bond donors (Lipinski definition) is 1. The van der Waals surface area contributed by atoms with E-state index in [-0.39, 0.29) is 17.9 Å². The maximum Gasteiger partial charge on any atom is 0.255 e. The molecule has 28 heavy (non-hydrogen) atoms. The van der Waals surface area contributed by atoms with Gasteiger partial charge in [0, 0.05) is 19.1 Å². The molecule has 2 fully saturated rings. The van der Waals surface area contributed by atoms with Gasteiger partial charge in [-0.25, -0.2) is 0 Å². The van der Waals surface area contributed by atoms with Gasteiger partial charge in [0.05, 0.1) is 27.9 Å². The first-order valence-electron chi connectivity index (χ1n) is 9.90. The largest absolute Gasteiger partial charge is 0.368 e. The summed E-state index contributed by atoms with van der Waals surface area (Å²) in [5, 5.41) is 2.03. The number of nitrogens with zero attached hydrogens (tertiary/aromatic N) is 3. The SMILES string of the molecule is Cc1nc(-c2cccs2)ccc1C(=O)N1CCC(N2CCCC2C(N)=O)CC1. The summed E-state index contributed by atoms with van der Waals surface area (Å²) in [5.41, 5.74) is 7.92. The smallest absolute Gasteiger partial charge is 0.255 e. The van der Waals surface area contributed by atoms with Crippen LogP contribution in [-0.2, 0) is 4.79 Å². The molecule has 2 aliphatic heterocycles. The highest BCUT2D eigenvalue weighted by Gasteiger charge is 2.36. The van der Waals surface area contributed by atoms with Gasteiger partial charge in [0.1, 0.15) is 0 Å². The van der Waals surface area contributed by atoms with Gasteiger partial charge in [0.15, 0.2) is 0 Å². The summed E-state index contributed by atoms with van der Waals surface area (Å²) in [5.74, 6) is -0.169. The Labute approximate surface area is 169 Å². The minimum absolute atomic E-state index is 0.0500. The molecule has 4 rings (SSSR count). The van der Waals surface area contributed by atoms with Crippen LogP contribution in [0.3, 0.4) is 0 Å². The number of thiophene rings is 1. The maximum atomic E-state index is 13.0. The zero-order valence-electron chi connectivity index (χ0n) is 16.1. The number of likely N-dealkylation sites (tertiary alicyclic amines) is 2. The highest BCUT2D eigenvalue weighted by Crippen LogP contribution is 2.28. The van der Waals surface area contributed by atoms with Gasteiger partial charge in [0.25, 0.3) is 5.91 Å². The molecular formula is C21H26N4O2S. The van der Waals surface area contributed by atoms with Crippen molar-refractivity contribution in [1.29, 1.82) is 0 Å². The first-order valence-corrected chi connectivity index (χ1v) is 10.8. The van der Waals surface area contributed by atoms with Crippen molar-refractivity contribution < 1.29 is 9.59 Å². The molecule has 2 aliphatic rings. The third-order valence-electron chi connectivity index (χ3n) is 5.93. The molecule has 2 N–H and O–H groups in total. The second kappa shape index (κ2) is 8.01. The van der Waals surface area contributed by atoms with Crippen LogP contribution >= 0.6 is 11.3 Å². The molecule has 0 bridgehead atoms. The summed E-state index contributed by atoms with van der Waals surface area (Å²) < 4.78 is 0. The molecular weight excluding hydrogens is 372 g/mol. The second-order valence-corrected chi connectivity index (χ2v) is 8.58. The van der Waals surface area contributed by atoms with Gasteiger partial charge in [0.2, 0.25) is 5.91 Å². The van der Waals surface area contributed by atoms with Crippen molar-refractivity contribution in [3.05, 3.63) is 40.9 Å². The Morgan fingerprint density at radius 3 is 2.57 bits per heavy atom. The van der Waals surface area contributed by atoms with E-state index < -0.39 is 0 Å². The van der Waals surface area contributed by atoms with Gasteiger partial charge in [-0.05, 0) is 62.7 Å². The van der Waals surface area contributed by atoms with E-state index in [2.05, 4.69) is 9.88 Å². The van der Waals surface area contributed by atoms with Crippen LogP contribution in [0.15, 0.2) is 29.6 Å². The van der Waals surface area contributed by atoms with Crippen LogP contribution in [0.5, 0.6) is 0 Å². The fourth-order valence-electron chi connectivity index (χ4n) is 4.45. The average Bonchev–Trinajstić information content (AvgIpc) is 3.39. The van der Waals surface area contributed by atoms with E-state index in [0.29, 0.717) is 24.7 Å². The zero-order chi connectivity index (χ0) is 19.7. The van der Waals surface area contributed by atoms with Crippen molar-refractivity contribution in [3.63, 3.8) is 0 Å². The molecule has 148 valence electrons. The molecule has 1 unspecified atom stereocenters. The van der Waals surface area contributed by atoms with E-state index in [4.69, 9.17) is 5.73 Å². The molecule has 2 amide bonds. The Hall–Kier alpha value is -2.25. The minimum Gasteiger partial charge on any atom is -0.368 e. The summed E-state index contributed by atoms with van der Waals surface area (Å²) in [6, 6.07) is 8.07. The minimum atomic E-state index is -0.219. The lowest BCUT2D eigenvalue weighted by Gasteiger charge is -2.38. The summed E-state index contributed by atoms with van der Waals surface area (Å²) in [6.45, 7) is 4.24. The number of carbonyl (C=O) groups excluding carboxylic acids is 2. The molecule has 6 nitrogen and oxygen atoms in total. The van der Waals surface area contributed by atoms with Crippen LogP contribution < -0.4 is 5.73 Å². The molecule has 0 aliphatic carbocycles. The Morgan fingerprint density at radius 1 is 1.14 bits per heavy atom. The second-order valence-electron chi connectivity index (χ2n) is 7.63. The van der Waals surface area contributed by atoms with Crippen molar-refractivity contribution in [3.8, 4) is 10.6 Å². The van der Waals surface area contributed by atoms with Crippen molar-refractivity contribution >= 4 is 23.2 Å². The zero-order valence-corrected chi connectivity index (χ0v) is 17.0. The molecule has 0 spiro atoms. The number of rotatable bonds is 4. The van der Waals surface area contributed by atoms with Crippen LogP contribution in [0, 0.1) is 6.92 Å². The van der Waals surface area contributed by atoms with E-state index in [1.165, 1.54) is 0 Å². The highest BCUT2D eigenvalue weighted by atomic mass is 32.1. The molecule has 0 radical (unpaired) electrons. The van der Waals surface area contributed by atoms with Crippen molar-refractivity contribution in [2.75, 3.05) is 19.6 Å². The number of piperidine rings is 1. The quantitative estimate of drug-likeness (QED) is 0.859. The van der Waals surface area contributed by atoms with Crippen LogP contribution in [0.25, 0.3) is 10.6 Å². The van der Waals surface area contributed by atoms with Crippen molar-refractivity contribution in [2.24, 2.45) is 5.73 Å². The number of pyridine rings is 1. The topological polar surface area (TPSA) is 79.5 Å². The van der Waals surface area contributed by atoms with E-state index in [1.54, 1.807) is 11.3 Å². The van der Waals surface area contributed by atoms with E-state index in [0.717, 1.165) is 48.5 Å². The Kier molecular flexibility index (Phi) is 5.46. The number of primary amides is 1. The fourth-order valence-corrected chi connectivity index (χ4v) is 5.15. The highest BCUT2D eigenvalue weighted by molar-refractivity contribution is 7.13. The first-order chi connectivity index (χ1) is 13.5. The van der Waals surface area contributed by atoms with Gasteiger partial charge < -0.3 is 10.6 Å². The van der Waals surface area contributed by atoms with Crippen LogP contribution in [-0.4, -0.2) is 58.3 Å². The molecule has 2 aromatic rings. The van der Waals surface area contributed by atoms with Crippen molar-refractivity contribution in [2.45, 2.75) is 44.7 Å². The Balaban J connectivity index is 1.41. The van der Waals surface area contributed by atoms with Gasteiger partial charge in [-0.15, -0.1) is 11.3 Å². The number of aromatic nitrogens is 1. The molecule has 2 aromatic heterocycles. The van der Waals surface area contributed by atoms with Gasteiger partial charge >= 0.3 is 0 Å². The Bertz CT molecular complexity index is 859.